The first-order valence-corrected chi connectivity index (χ1v) is 8.07. The average Bonchev–Trinajstić information content (AvgIpc) is 2.68. The highest BCUT2D eigenvalue weighted by molar-refractivity contribution is 7.09. The lowest BCUT2D eigenvalue weighted by Gasteiger charge is -2.16. The van der Waals surface area contributed by atoms with Crippen LogP contribution in [0.1, 0.15) is 54.0 Å². The second kappa shape index (κ2) is 7.60. The molecule has 0 atom stereocenters. The Morgan fingerprint density at radius 2 is 2.05 bits per heavy atom. The molecular weight excluding hydrogens is 258 g/mol. The number of hydrogen-bond acceptors (Lipinski definition) is 4. The summed E-state index contributed by atoms with van der Waals surface area (Å²) in [4.78, 5) is 15.9. The van der Waals surface area contributed by atoms with Gasteiger partial charge >= 0.3 is 0 Å². The summed E-state index contributed by atoms with van der Waals surface area (Å²) in [6.07, 6.45) is 7.97. The van der Waals surface area contributed by atoms with Crippen LogP contribution < -0.4 is 10.6 Å². The summed E-state index contributed by atoms with van der Waals surface area (Å²) in [6, 6.07) is 0.640. The lowest BCUT2D eigenvalue weighted by Crippen LogP contribution is -2.36. The number of nitrogens with zero attached hydrogens (tertiary/aromatic N) is 1. The Morgan fingerprint density at radius 1 is 1.32 bits per heavy atom. The van der Waals surface area contributed by atoms with Gasteiger partial charge in [0, 0.05) is 24.5 Å². The number of carbonyl (C=O) groups excluding carboxylic acids is 1. The number of aryl methyl sites for hydroxylation is 1. The van der Waals surface area contributed by atoms with Gasteiger partial charge in [-0.1, -0.05) is 25.7 Å². The summed E-state index contributed by atoms with van der Waals surface area (Å²) in [5.74, 6) is -0.0629. The van der Waals surface area contributed by atoms with Crippen molar-refractivity contribution in [2.45, 2.75) is 51.5 Å². The summed E-state index contributed by atoms with van der Waals surface area (Å²) in [5, 5.41) is 9.19. The van der Waals surface area contributed by atoms with E-state index >= 15 is 0 Å². The highest BCUT2D eigenvalue weighted by atomic mass is 32.1. The summed E-state index contributed by atoms with van der Waals surface area (Å²) >= 11 is 1.51. The predicted octanol–water partition coefficient (Wildman–Crippen LogP) is 2.49. The largest absolute Gasteiger partial charge is 0.349 e. The maximum atomic E-state index is 11.8. The molecule has 1 aliphatic rings. The van der Waals surface area contributed by atoms with E-state index in [9.17, 15) is 4.79 Å². The fraction of sp³-hybridized carbons (Fsp3) is 0.714. The fourth-order valence-corrected chi connectivity index (χ4v) is 3.09. The summed E-state index contributed by atoms with van der Waals surface area (Å²) in [7, 11) is 0. The van der Waals surface area contributed by atoms with Crippen LogP contribution in [0.3, 0.4) is 0 Å². The van der Waals surface area contributed by atoms with Crippen LogP contribution in [0.4, 0.5) is 0 Å². The van der Waals surface area contributed by atoms with Gasteiger partial charge in [0.05, 0.1) is 5.01 Å². The maximum absolute atomic E-state index is 11.8. The van der Waals surface area contributed by atoms with Gasteiger partial charge in [0.2, 0.25) is 0 Å². The molecule has 19 heavy (non-hydrogen) atoms. The number of hydrogen-bond donors (Lipinski definition) is 2. The van der Waals surface area contributed by atoms with Gasteiger partial charge in [0.15, 0.2) is 0 Å². The zero-order valence-electron chi connectivity index (χ0n) is 11.6. The monoisotopic (exact) mass is 281 g/mol. The Balaban J connectivity index is 1.62. The Morgan fingerprint density at radius 3 is 2.68 bits per heavy atom. The van der Waals surface area contributed by atoms with Crippen molar-refractivity contribution in [1.29, 1.82) is 0 Å². The normalized spacial score (nSPS) is 17.1. The van der Waals surface area contributed by atoms with E-state index in [-0.39, 0.29) is 5.91 Å². The molecule has 1 aromatic heterocycles. The van der Waals surface area contributed by atoms with E-state index in [0.29, 0.717) is 18.3 Å². The van der Waals surface area contributed by atoms with Crippen LogP contribution >= 0.6 is 11.3 Å². The van der Waals surface area contributed by atoms with Crippen LogP contribution in [0.5, 0.6) is 0 Å². The molecular formula is C14H23N3OS. The molecule has 0 saturated heterocycles. The highest BCUT2D eigenvalue weighted by Crippen LogP contribution is 2.16. The Kier molecular flexibility index (Phi) is 5.79. The third-order valence-electron chi connectivity index (χ3n) is 3.55. The molecule has 1 fully saturated rings. The van der Waals surface area contributed by atoms with E-state index in [1.165, 1.54) is 49.9 Å². The minimum Gasteiger partial charge on any atom is -0.349 e. The topological polar surface area (TPSA) is 54.0 Å². The van der Waals surface area contributed by atoms with Crippen molar-refractivity contribution >= 4 is 17.2 Å². The quantitative estimate of drug-likeness (QED) is 0.644. The predicted molar refractivity (Wildman–Crippen MR) is 78.7 cm³/mol. The summed E-state index contributed by atoms with van der Waals surface area (Å²) in [6.45, 7) is 3.43. The molecule has 1 aliphatic carbocycles. The number of thiazole rings is 1. The van der Waals surface area contributed by atoms with E-state index < -0.39 is 0 Å². The van der Waals surface area contributed by atoms with Crippen LogP contribution in [-0.2, 0) is 0 Å². The van der Waals surface area contributed by atoms with Gasteiger partial charge in [0.1, 0.15) is 5.69 Å². The van der Waals surface area contributed by atoms with Crippen molar-refractivity contribution < 1.29 is 4.79 Å². The number of aromatic nitrogens is 1. The molecule has 1 saturated carbocycles. The molecule has 0 bridgehead atoms. The molecule has 5 heteroatoms. The van der Waals surface area contributed by atoms with E-state index in [2.05, 4.69) is 15.6 Å². The van der Waals surface area contributed by atoms with Gasteiger partial charge in [0.25, 0.3) is 5.91 Å². The SMILES string of the molecule is Cc1nc(C(=O)NCCNC2CCCCCC2)cs1. The highest BCUT2D eigenvalue weighted by Gasteiger charge is 2.12. The van der Waals surface area contributed by atoms with Gasteiger partial charge in [-0.15, -0.1) is 11.3 Å². The molecule has 2 rings (SSSR count). The Bertz CT molecular complexity index is 397. The van der Waals surface area contributed by atoms with Gasteiger partial charge in [-0.3, -0.25) is 4.79 Å². The molecule has 0 aromatic carbocycles. The molecule has 0 radical (unpaired) electrons. The van der Waals surface area contributed by atoms with E-state index in [4.69, 9.17) is 0 Å². The van der Waals surface area contributed by atoms with Crippen LogP contribution in [0.15, 0.2) is 5.38 Å². The zero-order chi connectivity index (χ0) is 13.5. The van der Waals surface area contributed by atoms with Crippen LogP contribution in [-0.4, -0.2) is 30.0 Å². The number of amides is 1. The second-order valence-electron chi connectivity index (χ2n) is 5.15. The standard InChI is InChI=1S/C14H23N3OS/c1-11-17-13(10-19-11)14(18)16-9-8-15-12-6-4-2-3-5-7-12/h10,12,15H,2-9H2,1H3,(H,16,18). The summed E-state index contributed by atoms with van der Waals surface area (Å²) < 4.78 is 0. The lowest BCUT2D eigenvalue weighted by molar-refractivity contribution is 0.0949. The van der Waals surface area contributed by atoms with Crippen molar-refractivity contribution in [3.8, 4) is 0 Å². The van der Waals surface area contributed by atoms with Crippen molar-refractivity contribution in [2.24, 2.45) is 0 Å². The molecule has 0 spiro atoms. The number of carbonyl (C=O) groups is 1. The molecule has 106 valence electrons. The third-order valence-corrected chi connectivity index (χ3v) is 4.32. The van der Waals surface area contributed by atoms with Crippen LogP contribution in [0.2, 0.25) is 0 Å². The zero-order valence-corrected chi connectivity index (χ0v) is 12.4. The van der Waals surface area contributed by atoms with Gasteiger partial charge < -0.3 is 10.6 Å². The molecule has 0 unspecified atom stereocenters. The van der Waals surface area contributed by atoms with E-state index in [0.717, 1.165) is 11.6 Å². The van der Waals surface area contributed by atoms with Gasteiger partial charge in [-0.25, -0.2) is 4.98 Å². The molecule has 0 aliphatic heterocycles. The number of rotatable bonds is 5. The van der Waals surface area contributed by atoms with Crippen LogP contribution in [0, 0.1) is 6.92 Å². The number of nitrogens with one attached hydrogen (secondary N) is 2. The van der Waals surface area contributed by atoms with Crippen molar-refractivity contribution in [3.63, 3.8) is 0 Å². The molecule has 4 nitrogen and oxygen atoms in total. The minimum atomic E-state index is -0.0629. The Labute approximate surface area is 119 Å². The summed E-state index contributed by atoms with van der Waals surface area (Å²) in [5.41, 5.74) is 0.539. The van der Waals surface area contributed by atoms with Crippen molar-refractivity contribution in [3.05, 3.63) is 16.1 Å². The first-order valence-electron chi connectivity index (χ1n) is 7.19. The maximum Gasteiger partial charge on any atom is 0.270 e. The fourth-order valence-electron chi connectivity index (χ4n) is 2.49. The first-order chi connectivity index (χ1) is 9.25. The molecule has 1 heterocycles. The first kappa shape index (κ1) is 14.5. The molecule has 1 amide bonds. The van der Waals surface area contributed by atoms with E-state index in [1.54, 1.807) is 0 Å². The Hall–Kier alpha value is -0.940. The van der Waals surface area contributed by atoms with E-state index in [1.807, 2.05) is 12.3 Å². The van der Waals surface area contributed by atoms with Crippen molar-refractivity contribution in [1.82, 2.24) is 15.6 Å². The molecule has 2 N–H and O–H groups in total. The smallest absolute Gasteiger partial charge is 0.270 e. The van der Waals surface area contributed by atoms with Crippen molar-refractivity contribution in [2.75, 3.05) is 13.1 Å². The van der Waals surface area contributed by atoms with Gasteiger partial charge in [-0.05, 0) is 19.8 Å². The lowest BCUT2D eigenvalue weighted by atomic mass is 10.1. The minimum absolute atomic E-state index is 0.0629. The average molecular weight is 281 g/mol. The van der Waals surface area contributed by atoms with Crippen LogP contribution in [0.25, 0.3) is 0 Å². The third kappa shape index (κ3) is 4.91. The van der Waals surface area contributed by atoms with Gasteiger partial charge in [-0.2, -0.15) is 0 Å². The second-order valence-corrected chi connectivity index (χ2v) is 6.21. The molecule has 1 aromatic rings.